The number of piperazine rings is 1. The van der Waals surface area contributed by atoms with Crippen molar-refractivity contribution in [1.82, 2.24) is 20.4 Å². The van der Waals surface area contributed by atoms with Crippen LogP contribution in [-0.2, 0) is 4.79 Å². The topological polar surface area (TPSA) is 103 Å². The number of carbonyl (C=O) groups excluding carboxylic acids is 1. The van der Waals surface area contributed by atoms with Crippen LogP contribution in [0.1, 0.15) is 79.1 Å². The first-order valence-electron chi connectivity index (χ1n) is 15.6. The lowest BCUT2D eigenvalue weighted by Crippen LogP contribution is -2.60. The lowest BCUT2D eigenvalue weighted by molar-refractivity contribution is -0.460. The quantitative estimate of drug-likeness (QED) is 0.125. The molecule has 6 atom stereocenters. The number of amides is 1. The molecule has 2 saturated heterocycles. The van der Waals surface area contributed by atoms with Crippen LogP contribution < -0.4 is 22.1 Å². The van der Waals surface area contributed by atoms with Gasteiger partial charge in [0, 0.05) is 50.6 Å². The van der Waals surface area contributed by atoms with E-state index >= 15 is 0 Å². The van der Waals surface area contributed by atoms with Crippen molar-refractivity contribution in [2.24, 2.45) is 28.7 Å². The van der Waals surface area contributed by atoms with Gasteiger partial charge in [0.2, 0.25) is 5.91 Å². The van der Waals surface area contributed by atoms with Crippen LogP contribution in [0.2, 0.25) is 0 Å². The second-order valence-electron chi connectivity index (χ2n) is 12.7. The number of unbranched alkanes of at least 4 members (excludes halogenated alkanes) is 2. The minimum Gasteiger partial charge on any atom is -0.323 e. The van der Waals surface area contributed by atoms with Crippen molar-refractivity contribution < 1.29 is 9.37 Å². The van der Waals surface area contributed by atoms with E-state index in [0.717, 1.165) is 88.5 Å². The molecule has 0 aromatic carbocycles. The third-order valence-corrected chi connectivity index (χ3v) is 10.5. The van der Waals surface area contributed by atoms with Crippen LogP contribution in [0.25, 0.3) is 0 Å². The van der Waals surface area contributed by atoms with Crippen LogP contribution in [0.4, 0.5) is 0 Å². The van der Waals surface area contributed by atoms with Crippen molar-refractivity contribution in [2.75, 3.05) is 46.3 Å². The zero-order chi connectivity index (χ0) is 29.4. The van der Waals surface area contributed by atoms with E-state index in [9.17, 15) is 4.79 Å². The molecule has 3 heterocycles. The molecule has 0 saturated carbocycles. The van der Waals surface area contributed by atoms with Crippen molar-refractivity contribution in [1.29, 1.82) is 0 Å². The number of alkyl halides is 1. The molecular weight excluding hydrogens is 545 g/mol. The maximum atomic E-state index is 14.1. The molecule has 0 aliphatic carbocycles. The zero-order valence-corrected chi connectivity index (χ0v) is 27.1. The molecule has 0 spiro atoms. The van der Waals surface area contributed by atoms with Gasteiger partial charge in [0.15, 0.2) is 6.20 Å². The van der Waals surface area contributed by atoms with E-state index in [1.165, 1.54) is 0 Å². The SMILES string of the molecule is CCCCC[N+]1=C(Cl)CC(N2CCN(C)CC2)C(NC(=O)C(C(N)N)C2CC(C)(CC)[C@@H](CC)CC(Cl)CN2)=C1. The van der Waals surface area contributed by atoms with Crippen molar-refractivity contribution >= 4 is 34.3 Å². The molecule has 10 heteroatoms. The molecule has 6 N–H and O–H groups in total. The van der Waals surface area contributed by atoms with Gasteiger partial charge in [0.25, 0.3) is 5.17 Å². The molecule has 3 rings (SSSR count). The van der Waals surface area contributed by atoms with Gasteiger partial charge in [-0.2, -0.15) is 4.58 Å². The van der Waals surface area contributed by atoms with Gasteiger partial charge in [-0.25, -0.2) is 0 Å². The van der Waals surface area contributed by atoms with E-state index in [1.807, 2.05) is 0 Å². The largest absolute Gasteiger partial charge is 0.323 e. The molecule has 5 unspecified atom stereocenters. The Bertz CT molecular complexity index is 889. The van der Waals surface area contributed by atoms with Crippen molar-refractivity contribution in [2.45, 2.75) is 103 Å². The van der Waals surface area contributed by atoms with E-state index in [4.69, 9.17) is 34.7 Å². The van der Waals surface area contributed by atoms with Crippen LogP contribution in [0.15, 0.2) is 11.9 Å². The molecule has 8 nitrogen and oxygen atoms in total. The first-order chi connectivity index (χ1) is 19.0. The Morgan fingerprint density at radius 3 is 2.52 bits per heavy atom. The fourth-order valence-electron chi connectivity index (χ4n) is 6.90. The number of carbonyl (C=O) groups is 1. The molecular formula is C30H56Cl2N7O+. The highest BCUT2D eigenvalue weighted by Gasteiger charge is 2.43. The number of nitrogens with one attached hydrogen (secondary N) is 2. The number of hydrogen-bond acceptors (Lipinski definition) is 6. The lowest BCUT2D eigenvalue weighted by atomic mass is 9.65. The molecule has 40 heavy (non-hydrogen) atoms. The van der Waals surface area contributed by atoms with Gasteiger partial charge in [-0.15, -0.1) is 11.6 Å². The van der Waals surface area contributed by atoms with Crippen molar-refractivity contribution in [3.8, 4) is 0 Å². The van der Waals surface area contributed by atoms with E-state index in [2.05, 4.69) is 66.0 Å². The Labute approximate surface area is 253 Å². The highest BCUT2D eigenvalue weighted by atomic mass is 35.5. The van der Waals surface area contributed by atoms with E-state index < -0.39 is 12.1 Å². The zero-order valence-electron chi connectivity index (χ0n) is 25.6. The van der Waals surface area contributed by atoms with Gasteiger partial charge >= 0.3 is 0 Å². The van der Waals surface area contributed by atoms with Crippen LogP contribution in [0.5, 0.6) is 0 Å². The van der Waals surface area contributed by atoms with Gasteiger partial charge in [-0.3, -0.25) is 9.69 Å². The summed E-state index contributed by atoms with van der Waals surface area (Å²) in [4.78, 5) is 18.9. The summed E-state index contributed by atoms with van der Waals surface area (Å²) >= 11 is 13.6. The van der Waals surface area contributed by atoms with Gasteiger partial charge < -0.3 is 27.0 Å². The normalized spacial score (nSPS) is 32.0. The number of halogens is 2. The second kappa shape index (κ2) is 15.6. The number of hydrogen-bond donors (Lipinski definition) is 4. The highest BCUT2D eigenvalue weighted by Crippen LogP contribution is 2.43. The highest BCUT2D eigenvalue weighted by molar-refractivity contribution is 6.64. The number of rotatable bonds is 11. The minimum absolute atomic E-state index is 0.00774. The fourth-order valence-corrected chi connectivity index (χ4v) is 7.48. The predicted octanol–water partition coefficient (Wildman–Crippen LogP) is 3.47. The Balaban J connectivity index is 1.88. The predicted molar refractivity (Wildman–Crippen MR) is 168 cm³/mol. The average molecular weight is 602 g/mol. The second-order valence-corrected chi connectivity index (χ2v) is 13.7. The Morgan fingerprint density at radius 2 is 1.93 bits per heavy atom. The molecule has 0 bridgehead atoms. The summed E-state index contributed by atoms with van der Waals surface area (Å²) in [5.74, 6) is -0.226. The maximum absolute atomic E-state index is 14.1. The van der Waals surface area contributed by atoms with Crippen molar-refractivity contribution in [3.05, 3.63) is 11.9 Å². The maximum Gasteiger partial charge on any atom is 0.252 e. The Kier molecular flexibility index (Phi) is 13.2. The molecule has 1 amide bonds. The molecule has 3 aliphatic rings. The van der Waals surface area contributed by atoms with E-state index in [-0.39, 0.29) is 28.8 Å². The first-order valence-corrected chi connectivity index (χ1v) is 16.5. The van der Waals surface area contributed by atoms with Crippen LogP contribution >= 0.6 is 23.2 Å². The third kappa shape index (κ3) is 8.65. The van der Waals surface area contributed by atoms with Gasteiger partial charge in [0.05, 0.1) is 24.5 Å². The monoisotopic (exact) mass is 600 g/mol. The number of nitrogens with two attached hydrogens (primary N) is 2. The Hall–Kier alpha value is -0.740. The molecule has 3 aliphatic heterocycles. The summed E-state index contributed by atoms with van der Waals surface area (Å²) in [7, 11) is 2.15. The first kappa shape index (κ1) is 33.8. The van der Waals surface area contributed by atoms with E-state index in [0.29, 0.717) is 18.9 Å². The third-order valence-electron chi connectivity index (χ3n) is 9.84. The summed E-state index contributed by atoms with van der Waals surface area (Å²) in [6, 6.07) is -0.146. The standard InChI is InChI=1S/C30H55Cl2N7O/c1-6-9-10-11-39-20-24(25(17-26(39)32)38-14-12-37(5)13-15-38)36-29(40)27(28(33)34)23-18-30(4,8-3)21(7-2)16-22(31)19-35-23/h20-23,25,27-28,35H,6-19,33-34H2,1-5H3/p+1/t21-,22?,23?,25?,27?,30?/m0/s1. The van der Waals surface area contributed by atoms with Crippen LogP contribution in [0, 0.1) is 17.3 Å². The molecule has 0 radical (unpaired) electrons. The Morgan fingerprint density at radius 1 is 1.23 bits per heavy atom. The molecule has 230 valence electrons. The van der Waals surface area contributed by atoms with E-state index in [1.54, 1.807) is 0 Å². The summed E-state index contributed by atoms with van der Waals surface area (Å²) in [5.41, 5.74) is 13.7. The summed E-state index contributed by atoms with van der Waals surface area (Å²) < 4.78 is 2.11. The van der Waals surface area contributed by atoms with Gasteiger partial charge in [0.1, 0.15) is 12.2 Å². The molecule has 0 aromatic rings. The smallest absolute Gasteiger partial charge is 0.252 e. The summed E-state index contributed by atoms with van der Waals surface area (Å²) in [6.45, 7) is 14.3. The minimum atomic E-state index is -0.797. The summed E-state index contributed by atoms with van der Waals surface area (Å²) in [5, 5.41) is 7.79. The lowest BCUT2D eigenvalue weighted by Gasteiger charge is -2.45. The van der Waals surface area contributed by atoms with Crippen molar-refractivity contribution in [3.63, 3.8) is 0 Å². The number of likely N-dealkylation sites (N-methyl/N-ethyl adjacent to an activating group) is 1. The fraction of sp³-hybridized carbons (Fsp3) is 0.867. The van der Waals surface area contributed by atoms with Gasteiger partial charge in [-0.05, 0) is 49.2 Å². The van der Waals surface area contributed by atoms with Gasteiger partial charge in [-0.1, -0.05) is 47.0 Å². The average Bonchev–Trinajstić information content (AvgIpc) is 2.91. The molecule has 2 fully saturated rings. The van der Waals surface area contributed by atoms with Crippen LogP contribution in [-0.4, -0.2) is 95.4 Å². The number of nitrogens with zero attached hydrogens (tertiary/aromatic N) is 3. The molecule has 0 aromatic heterocycles. The summed E-state index contributed by atoms with van der Waals surface area (Å²) in [6.07, 6.45) is 9.17. The van der Waals surface area contributed by atoms with Crippen LogP contribution in [0.3, 0.4) is 0 Å².